The van der Waals surface area contributed by atoms with Crippen LogP contribution in [0, 0.1) is 13.8 Å². The van der Waals surface area contributed by atoms with Gasteiger partial charge in [-0.05, 0) is 76.0 Å². The predicted octanol–water partition coefficient (Wildman–Crippen LogP) is 4.73. The second kappa shape index (κ2) is 8.27. The number of carbonyl (C=O) groups is 1. The van der Waals surface area contributed by atoms with Crippen LogP contribution in [0.3, 0.4) is 0 Å². The molecule has 11 heteroatoms. The molecule has 146 valence electrons. The lowest BCUT2D eigenvalue weighted by Gasteiger charge is -2.09. The van der Waals surface area contributed by atoms with E-state index in [9.17, 15) is 13.2 Å². The van der Waals surface area contributed by atoms with Crippen LogP contribution in [0.1, 0.15) is 21.2 Å². The van der Waals surface area contributed by atoms with Crippen LogP contribution >= 0.6 is 43.2 Å². The third-order valence-corrected chi connectivity index (χ3v) is 8.12. The quantitative estimate of drug-likeness (QED) is 0.482. The maximum Gasteiger partial charge on any atom is 0.265 e. The van der Waals surface area contributed by atoms with E-state index >= 15 is 0 Å². The fraction of sp³-hybridized carbons (Fsp3) is 0.118. The highest BCUT2D eigenvalue weighted by molar-refractivity contribution is 9.13. The van der Waals surface area contributed by atoms with Crippen molar-refractivity contribution in [3.05, 3.63) is 61.1 Å². The smallest absolute Gasteiger partial charge is 0.265 e. The van der Waals surface area contributed by atoms with Gasteiger partial charge in [0.1, 0.15) is 11.6 Å². The Morgan fingerprint density at radius 2 is 1.75 bits per heavy atom. The molecule has 0 unspecified atom stereocenters. The Labute approximate surface area is 182 Å². The van der Waals surface area contributed by atoms with Gasteiger partial charge < -0.3 is 5.32 Å². The fourth-order valence-corrected chi connectivity index (χ4v) is 5.26. The summed E-state index contributed by atoms with van der Waals surface area (Å²) in [6, 6.07) is 9.15. The largest absolute Gasteiger partial charge is 0.321 e. The van der Waals surface area contributed by atoms with Crippen molar-refractivity contribution in [2.45, 2.75) is 18.7 Å². The van der Waals surface area contributed by atoms with Gasteiger partial charge in [0.15, 0.2) is 0 Å². The van der Waals surface area contributed by atoms with Crippen LogP contribution in [0.25, 0.3) is 0 Å². The monoisotopic (exact) mass is 544 g/mol. The van der Waals surface area contributed by atoms with Gasteiger partial charge in [0.25, 0.3) is 15.9 Å². The van der Waals surface area contributed by atoms with E-state index in [-0.39, 0.29) is 16.6 Å². The SMILES string of the molecule is Cc1cc(NS(=O)(=O)c2ccc(NC(=O)c3cc(Br)c(Br)s3)cc2)nc(C)n1. The Morgan fingerprint density at radius 3 is 2.32 bits per heavy atom. The molecule has 2 heterocycles. The van der Waals surface area contributed by atoms with Crippen LogP contribution in [-0.2, 0) is 10.0 Å². The zero-order valence-corrected chi connectivity index (χ0v) is 19.5. The first-order valence-corrected chi connectivity index (χ1v) is 11.7. The molecule has 0 fully saturated rings. The number of rotatable bonds is 5. The highest BCUT2D eigenvalue weighted by atomic mass is 79.9. The molecule has 3 rings (SSSR count). The molecule has 2 aromatic heterocycles. The minimum Gasteiger partial charge on any atom is -0.321 e. The molecule has 0 aliphatic heterocycles. The molecular weight excluding hydrogens is 532 g/mol. The maximum atomic E-state index is 12.6. The van der Waals surface area contributed by atoms with E-state index in [4.69, 9.17) is 0 Å². The molecule has 1 amide bonds. The lowest BCUT2D eigenvalue weighted by molar-refractivity contribution is 0.103. The van der Waals surface area contributed by atoms with Crippen LogP contribution in [-0.4, -0.2) is 24.3 Å². The van der Waals surface area contributed by atoms with Crippen LogP contribution in [0.15, 0.2) is 49.6 Å². The lowest BCUT2D eigenvalue weighted by Crippen LogP contribution is -2.15. The molecule has 2 N–H and O–H groups in total. The summed E-state index contributed by atoms with van der Waals surface area (Å²) < 4.78 is 29.2. The number of thiophene rings is 1. The summed E-state index contributed by atoms with van der Waals surface area (Å²) in [4.78, 5) is 21.1. The van der Waals surface area contributed by atoms with Crippen molar-refractivity contribution in [3.63, 3.8) is 0 Å². The predicted molar refractivity (Wildman–Crippen MR) is 116 cm³/mol. The van der Waals surface area contributed by atoms with E-state index in [0.717, 1.165) is 8.26 Å². The van der Waals surface area contributed by atoms with Gasteiger partial charge in [-0.3, -0.25) is 9.52 Å². The van der Waals surface area contributed by atoms with E-state index in [1.54, 1.807) is 26.0 Å². The number of benzene rings is 1. The van der Waals surface area contributed by atoms with Crippen molar-refractivity contribution in [2.75, 3.05) is 10.0 Å². The van der Waals surface area contributed by atoms with Crippen molar-refractivity contribution in [3.8, 4) is 0 Å². The van der Waals surface area contributed by atoms with Crippen molar-refractivity contribution in [1.82, 2.24) is 9.97 Å². The molecule has 0 aliphatic carbocycles. The zero-order valence-electron chi connectivity index (χ0n) is 14.7. The number of aromatic nitrogens is 2. The van der Waals surface area contributed by atoms with Crippen LogP contribution in [0.4, 0.5) is 11.5 Å². The van der Waals surface area contributed by atoms with Crippen molar-refractivity contribution < 1.29 is 13.2 Å². The second-order valence-electron chi connectivity index (χ2n) is 5.76. The van der Waals surface area contributed by atoms with Gasteiger partial charge >= 0.3 is 0 Å². The van der Waals surface area contributed by atoms with Gasteiger partial charge in [0.2, 0.25) is 0 Å². The molecule has 28 heavy (non-hydrogen) atoms. The molecular formula is C17H14Br2N4O3S2. The summed E-state index contributed by atoms with van der Waals surface area (Å²) in [5.41, 5.74) is 1.15. The number of carbonyl (C=O) groups excluding carboxylic acids is 1. The summed E-state index contributed by atoms with van der Waals surface area (Å²) in [6.45, 7) is 3.45. The summed E-state index contributed by atoms with van der Waals surface area (Å²) in [5.74, 6) is 0.399. The molecule has 0 aliphatic rings. The first-order chi connectivity index (χ1) is 13.1. The van der Waals surface area contributed by atoms with E-state index in [0.29, 0.717) is 22.1 Å². The summed E-state index contributed by atoms with van der Waals surface area (Å²) >= 11 is 7.98. The number of halogens is 2. The average molecular weight is 546 g/mol. The van der Waals surface area contributed by atoms with Gasteiger partial charge in [-0.1, -0.05) is 0 Å². The summed E-state index contributed by atoms with van der Waals surface area (Å²) in [7, 11) is -3.81. The highest BCUT2D eigenvalue weighted by Crippen LogP contribution is 2.32. The molecule has 0 bridgehead atoms. The molecule has 0 atom stereocenters. The number of anilines is 2. The number of sulfonamides is 1. The van der Waals surface area contributed by atoms with E-state index in [2.05, 4.69) is 51.9 Å². The third kappa shape index (κ3) is 4.96. The highest BCUT2D eigenvalue weighted by Gasteiger charge is 2.17. The molecule has 3 aromatic rings. The minimum absolute atomic E-state index is 0.0565. The summed E-state index contributed by atoms with van der Waals surface area (Å²) in [6.07, 6.45) is 0. The lowest BCUT2D eigenvalue weighted by atomic mass is 10.3. The van der Waals surface area contributed by atoms with Crippen LogP contribution in [0.5, 0.6) is 0 Å². The molecule has 1 aromatic carbocycles. The van der Waals surface area contributed by atoms with Crippen LogP contribution < -0.4 is 10.0 Å². The Kier molecular flexibility index (Phi) is 6.18. The Balaban J connectivity index is 1.74. The van der Waals surface area contributed by atoms with Crippen LogP contribution in [0.2, 0.25) is 0 Å². The number of hydrogen-bond donors (Lipinski definition) is 2. The van der Waals surface area contributed by atoms with Gasteiger partial charge in [-0.15, -0.1) is 11.3 Å². The van der Waals surface area contributed by atoms with Gasteiger partial charge in [-0.25, -0.2) is 18.4 Å². The zero-order chi connectivity index (χ0) is 20.5. The topological polar surface area (TPSA) is 101 Å². The molecule has 0 saturated carbocycles. The first kappa shape index (κ1) is 20.9. The number of nitrogens with one attached hydrogen (secondary N) is 2. The van der Waals surface area contributed by atoms with Crippen molar-refractivity contribution >= 4 is 70.6 Å². The summed E-state index contributed by atoms with van der Waals surface area (Å²) in [5, 5.41) is 2.74. The second-order valence-corrected chi connectivity index (χ2v) is 10.7. The molecule has 7 nitrogen and oxygen atoms in total. The van der Waals surface area contributed by atoms with E-state index in [1.807, 2.05) is 0 Å². The molecule has 0 spiro atoms. The fourth-order valence-electron chi connectivity index (χ4n) is 2.33. The number of nitrogens with zero attached hydrogens (tertiary/aromatic N) is 2. The first-order valence-electron chi connectivity index (χ1n) is 7.85. The molecule has 0 radical (unpaired) electrons. The Hall–Kier alpha value is -1.82. The van der Waals surface area contributed by atoms with Crippen molar-refractivity contribution in [1.29, 1.82) is 0 Å². The van der Waals surface area contributed by atoms with Gasteiger partial charge in [-0.2, -0.15) is 0 Å². The number of aryl methyl sites for hydroxylation is 2. The normalized spacial score (nSPS) is 11.3. The number of amides is 1. The maximum absolute atomic E-state index is 12.6. The molecule has 0 saturated heterocycles. The van der Waals surface area contributed by atoms with E-state index in [1.165, 1.54) is 35.6 Å². The van der Waals surface area contributed by atoms with Gasteiger partial charge in [0.05, 0.1) is 13.6 Å². The van der Waals surface area contributed by atoms with Crippen molar-refractivity contribution in [2.24, 2.45) is 0 Å². The Bertz CT molecular complexity index is 1110. The third-order valence-electron chi connectivity index (χ3n) is 3.50. The minimum atomic E-state index is -3.81. The van der Waals surface area contributed by atoms with E-state index < -0.39 is 10.0 Å². The standard InChI is InChI=1S/C17H14Br2N4O3S2/c1-9-7-15(21-10(2)20-9)23-28(25,26)12-5-3-11(4-6-12)22-17(24)14-8-13(18)16(19)27-14/h3-8H,1-2H3,(H,22,24)(H,20,21,23). The average Bonchev–Trinajstić information content (AvgIpc) is 2.93. The number of hydrogen-bond acceptors (Lipinski definition) is 6. The Morgan fingerprint density at radius 1 is 1.07 bits per heavy atom. The van der Waals surface area contributed by atoms with Gasteiger partial charge in [0, 0.05) is 21.9 Å².